The van der Waals surface area contributed by atoms with Gasteiger partial charge in [0.1, 0.15) is 5.75 Å². The molecule has 1 N–H and O–H groups in total. The van der Waals surface area contributed by atoms with Crippen molar-refractivity contribution in [3.05, 3.63) is 36.9 Å². The standard InChI is InChI=1S/C18H31NO2Si/c1-9-17(14(2)21-22(7,8)18(3,4)5)19-15-10-12-16(20-6)13-11-15/h9-14,17,19H,1H2,2-8H3/t14-,17-/m0/s1. The summed E-state index contributed by atoms with van der Waals surface area (Å²) in [5.41, 5.74) is 1.04. The van der Waals surface area contributed by atoms with Gasteiger partial charge in [0.05, 0.1) is 19.3 Å². The molecule has 0 saturated heterocycles. The summed E-state index contributed by atoms with van der Waals surface area (Å²) in [7, 11) is -0.116. The Morgan fingerprint density at radius 2 is 1.73 bits per heavy atom. The van der Waals surface area contributed by atoms with Gasteiger partial charge in [-0.15, -0.1) is 6.58 Å². The van der Waals surface area contributed by atoms with Crippen molar-refractivity contribution in [3.8, 4) is 5.75 Å². The van der Waals surface area contributed by atoms with E-state index in [1.54, 1.807) is 7.11 Å². The number of anilines is 1. The normalized spacial score (nSPS) is 15.0. The predicted octanol–water partition coefficient (Wildman–Crippen LogP) is 5.07. The van der Waals surface area contributed by atoms with Crippen LogP contribution in [0.2, 0.25) is 18.1 Å². The van der Waals surface area contributed by atoms with Gasteiger partial charge < -0.3 is 14.5 Å². The largest absolute Gasteiger partial charge is 0.497 e. The second kappa shape index (κ2) is 7.33. The number of benzene rings is 1. The number of ether oxygens (including phenoxy) is 1. The first-order valence-electron chi connectivity index (χ1n) is 7.81. The van der Waals surface area contributed by atoms with Crippen LogP contribution in [0, 0.1) is 0 Å². The molecule has 0 amide bonds. The van der Waals surface area contributed by atoms with Gasteiger partial charge in [-0.2, -0.15) is 0 Å². The summed E-state index contributed by atoms with van der Waals surface area (Å²) >= 11 is 0. The van der Waals surface area contributed by atoms with E-state index in [0.717, 1.165) is 11.4 Å². The zero-order chi connectivity index (χ0) is 17.0. The maximum absolute atomic E-state index is 6.45. The van der Waals surface area contributed by atoms with Crippen LogP contribution in [0.4, 0.5) is 5.69 Å². The van der Waals surface area contributed by atoms with Crippen molar-refractivity contribution in [2.24, 2.45) is 0 Å². The molecule has 22 heavy (non-hydrogen) atoms. The van der Waals surface area contributed by atoms with Gasteiger partial charge in [0, 0.05) is 5.69 Å². The Morgan fingerprint density at radius 3 is 2.14 bits per heavy atom. The second-order valence-corrected chi connectivity index (χ2v) is 12.0. The average Bonchev–Trinajstić information content (AvgIpc) is 2.43. The fraction of sp³-hybridized carbons (Fsp3) is 0.556. The van der Waals surface area contributed by atoms with Crippen molar-refractivity contribution in [1.29, 1.82) is 0 Å². The van der Waals surface area contributed by atoms with E-state index in [2.05, 4.69) is 52.7 Å². The van der Waals surface area contributed by atoms with Crippen molar-refractivity contribution < 1.29 is 9.16 Å². The Morgan fingerprint density at radius 1 is 1.18 bits per heavy atom. The third kappa shape index (κ3) is 4.89. The molecule has 0 aromatic heterocycles. The lowest BCUT2D eigenvalue weighted by Crippen LogP contribution is -2.47. The minimum atomic E-state index is -1.79. The first kappa shape index (κ1) is 18.8. The molecule has 0 fully saturated rings. The highest BCUT2D eigenvalue weighted by Crippen LogP contribution is 2.37. The summed E-state index contributed by atoms with van der Waals surface area (Å²) in [6.07, 6.45) is 1.99. The van der Waals surface area contributed by atoms with Gasteiger partial charge in [0.2, 0.25) is 0 Å². The Bertz CT molecular complexity index is 477. The van der Waals surface area contributed by atoms with Crippen molar-refractivity contribution in [1.82, 2.24) is 0 Å². The fourth-order valence-corrected chi connectivity index (χ4v) is 3.39. The van der Waals surface area contributed by atoms with Gasteiger partial charge in [-0.1, -0.05) is 26.8 Å². The molecule has 0 saturated carbocycles. The molecule has 0 bridgehead atoms. The van der Waals surface area contributed by atoms with E-state index in [-0.39, 0.29) is 17.2 Å². The quantitative estimate of drug-likeness (QED) is 0.561. The van der Waals surface area contributed by atoms with E-state index in [0.29, 0.717) is 0 Å². The van der Waals surface area contributed by atoms with Crippen molar-refractivity contribution in [2.45, 2.75) is 58.0 Å². The molecule has 0 aliphatic rings. The molecule has 4 heteroatoms. The van der Waals surface area contributed by atoms with E-state index < -0.39 is 8.32 Å². The molecular formula is C18H31NO2Si. The first-order chi connectivity index (χ1) is 10.1. The van der Waals surface area contributed by atoms with Gasteiger partial charge >= 0.3 is 0 Å². The van der Waals surface area contributed by atoms with Crippen molar-refractivity contribution in [3.63, 3.8) is 0 Å². The molecule has 0 heterocycles. The SMILES string of the molecule is C=C[C@H](Nc1ccc(OC)cc1)[C@H](C)O[Si](C)(C)C(C)(C)C. The highest BCUT2D eigenvalue weighted by atomic mass is 28.4. The topological polar surface area (TPSA) is 30.5 Å². The van der Waals surface area contributed by atoms with E-state index in [4.69, 9.17) is 9.16 Å². The van der Waals surface area contributed by atoms with Crippen molar-refractivity contribution >= 4 is 14.0 Å². The van der Waals surface area contributed by atoms with Gasteiger partial charge in [0.25, 0.3) is 0 Å². The highest BCUT2D eigenvalue weighted by molar-refractivity contribution is 6.74. The molecule has 0 aliphatic carbocycles. The molecule has 124 valence electrons. The third-order valence-corrected chi connectivity index (χ3v) is 9.04. The molecule has 3 nitrogen and oxygen atoms in total. The van der Waals surface area contributed by atoms with E-state index in [9.17, 15) is 0 Å². The van der Waals surface area contributed by atoms with E-state index >= 15 is 0 Å². The summed E-state index contributed by atoms with van der Waals surface area (Å²) in [4.78, 5) is 0. The van der Waals surface area contributed by atoms with Crippen LogP contribution >= 0.6 is 0 Å². The molecule has 0 radical (unpaired) electrons. The molecule has 1 aromatic carbocycles. The van der Waals surface area contributed by atoms with Crippen LogP contribution in [0.25, 0.3) is 0 Å². The lowest BCUT2D eigenvalue weighted by molar-refractivity contribution is 0.191. The Hall–Kier alpha value is -1.26. The van der Waals surface area contributed by atoms with Crippen LogP contribution in [0.15, 0.2) is 36.9 Å². The summed E-state index contributed by atoms with van der Waals surface area (Å²) in [6.45, 7) is 17.4. The number of hydrogen-bond acceptors (Lipinski definition) is 3. The summed E-state index contributed by atoms with van der Waals surface area (Å²) in [6, 6.07) is 7.98. The third-order valence-electron chi connectivity index (χ3n) is 4.47. The summed E-state index contributed by atoms with van der Waals surface area (Å²) in [5.74, 6) is 0.853. The van der Waals surface area contributed by atoms with Crippen LogP contribution in [0.5, 0.6) is 5.75 Å². The smallest absolute Gasteiger partial charge is 0.192 e. The zero-order valence-corrected chi connectivity index (χ0v) is 16.1. The van der Waals surface area contributed by atoms with Gasteiger partial charge in [-0.25, -0.2) is 0 Å². The van der Waals surface area contributed by atoms with Gasteiger partial charge in [-0.3, -0.25) is 0 Å². The zero-order valence-electron chi connectivity index (χ0n) is 15.1. The number of rotatable bonds is 7. The Balaban J connectivity index is 2.76. The van der Waals surface area contributed by atoms with Gasteiger partial charge in [0.15, 0.2) is 8.32 Å². The predicted molar refractivity (Wildman–Crippen MR) is 98.3 cm³/mol. The van der Waals surface area contributed by atoms with E-state index in [1.165, 1.54) is 0 Å². The maximum Gasteiger partial charge on any atom is 0.192 e. The number of methoxy groups -OCH3 is 1. The number of hydrogen-bond donors (Lipinski definition) is 1. The van der Waals surface area contributed by atoms with E-state index in [1.807, 2.05) is 30.3 Å². The Labute approximate surface area is 136 Å². The van der Waals surface area contributed by atoms with Gasteiger partial charge in [-0.05, 0) is 49.3 Å². The van der Waals surface area contributed by atoms with Crippen molar-refractivity contribution in [2.75, 3.05) is 12.4 Å². The monoisotopic (exact) mass is 321 g/mol. The molecule has 0 unspecified atom stereocenters. The second-order valence-electron chi connectivity index (χ2n) is 7.22. The van der Waals surface area contributed by atoms with Crippen LogP contribution in [0.3, 0.4) is 0 Å². The van der Waals surface area contributed by atoms with Crippen LogP contribution in [-0.2, 0) is 4.43 Å². The molecule has 2 atom stereocenters. The first-order valence-corrected chi connectivity index (χ1v) is 10.7. The Kier molecular flexibility index (Phi) is 6.26. The summed E-state index contributed by atoms with van der Waals surface area (Å²) < 4.78 is 11.6. The molecule has 1 rings (SSSR count). The lowest BCUT2D eigenvalue weighted by atomic mass is 10.1. The summed E-state index contributed by atoms with van der Waals surface area (Å²) in [5, 5.41) is 3.68. The van der Waals surface area contributed by atoms with Crippen LogP contribution in [0.1, 0.15) is 27.7 Å². The number of nitrogens with one attached hydrogen (secondary N) is 1. The lowest BCUT2D eigenvalue weighted by Gasteiger charge is -2.40. The highest BCUT2D eigenvalue weighted by Gasteiger charge is 2.39. The minimum Gasteiger partial charge on any atom is -0.497 e. The fourth-order valence-electron chi connectivity index (χ4n) is 1.96. The molecule has 0 aliphatic heterocycles. The minimum absolute atomic E-state index is 0.0699. The maximum atomic E-state index is 6.45. The molecule has 0 spiro atoms. The molecular weight excluding hydrogens is 290 g/mol. The van der Waals surface area contributed by atoms with Crippen LogP contribution in [-0.4, -0.2) is 27.6 Å². The average molecular weight is 322 g/mol. The van der Waals surface area contributed by atoms with Crippen LogP contribution < -0.4 is 10.1 Å². The molecule has 1 aromatic rings.